The van der Waals surface area contributed by atoms with Gasteiger partial charge in [-0.25, -0.2) is 0 Å². The Hall–Kier alpha value is -0.140. The number of rotatable bonds is 6. The first kappa shape index (κ1) is 14.9. The van der Waals surface area contributed by atoms with E-state index in [0.29, 0.717) is 10.8 Å². The van der Waals surface area contributed by atoms with E-state index in [-0.39, 0.29) is 6.10 Å². The fourth-order valence-corrected chi connectivity index (χ4v) is 1.36. The Morgan fingerprint density at radius 1 is 1.20 bits per heavy atom. The van der Waals surface area contributed by atoms with Gasteiger partial charge in [-0.2, -0.15) is 0 Å². The molecule has 0 heterocycles. The standard InChI is InChI=1S/C12H20Cl2O/c1-5-10(6-2)15-12(8-9(4)13)11(14)7-3/h8,10H,5-7H2,1-4H3/b9-8+,12-11-. The highest BCUT2D eigenvalue weighted by atomic mass is 35.5. The highest BCUT2D eigenvalue weighted by Crippen LogP contribution is 2.21. The van der Waals surface area contributed by atoms with Crippen molar-refractivity contribution in [3.63, 3.8) is 0 Å². The summed E-state index contributed by atoms with van der Waals surface area (Å²) in [4.78, 5) is 0. The van der Waals surface area contributed by atoms with Crippen molar-refractivity contribution in [3.8, 4) is 0 Å². The molecule has 88 valence electrons. The van der Waals surface area contributed by atoms with Crippen LogP contribution in [-0.4, -0.2) is 6.10 Å². The molecule has 0 saturated heterocycles. The van der Waals surface area contributed by atoms with E-state index in [1.165, 1.54) is 0 Å². The SMILES string of the molecule is CC/C(Cl)=C(\C=C(/C)Cl)OC(CC)CC. The van der Waals surface area contributed by atoms with Gasteiger partial charge in [0.05, 0.1) is 11.1 Å². The molecule has 0 atom stereocenters. The van der Waals surface area contributed by atoms with Crippen LogP contribution in [0.4, 0.5) is 0 Å². The van der Waals surface area contributed by atoms with Crippen LogP contribution in [0.15, 0.2) is 21.9 Å². The lowest BCUT2D eigenvalue weighted by Crippen LogP contribution is -2.10. The molecule has 0 fully saturated rings. The van der Waals surface area contributed by atoms with Gasteiger partial charge in [0.1, 0.15) is 5.76 Å². The first-order valence-electron chi connectivity index (χ1n) is 5.44. The highest BCUT2D eigenvalue weighted by Gasteiger charge is 2.09. The van der Waals surface area contributed by atoms with E-state index < -0.39 is 0 Å². The summed E-state index contributed by atoms with van der Waals surface area (Å²) >= 11 is 11.9. The van der Waals surface area contributed by atoms with Crippen molar-refractivity contribution in [1.29, 1.82) is 0 Å². The van der Waals surface area contributed by atoms with E-state index in [1.807, 2.05) is 13.8 Å². The summed E-state index contributed by atoms with van der Waals surface area (Å²) in [5.74, 6) is 0.709. The van der Waals surface area contributed by atoms with Gasteiger partial charge in [0.2, 0.25) is 0 Å². The first-order valence-corrected chi connectivity index (χ1v) is 6.19. The minimum Gasteiger partial charge on any atom is -0.489 e. The van der Waals surface area contributed by atoms with E-state index in [4.69, 9.17) is 27.9 Å². The Morgan fingerprint density at radius 3 is 2.07 bits per heavy atom. The maximum Gasteiger partial charge on any atom is 0.135 e. The van der Waals surface area contributed by atoms with Crippen molar-refractivity contribution in [2.45, 2.75) is 53.1 Å². The molecule has 0 unspecified atom stereocenters. The molecule has 0 aliphatic rings. The molecule has 0 rings (SSSR count). The molecular formula is C12H20Cl2O. The predicted octanol–water partition coefficient (Wildman–Crippen LogP) is 5.19. The first-order chi connectivity index (χ1) is 7.04. The van der Waals surface area contributed by atoms with E-state index in [0.717, 1.165) is 24.3 Å². The summed E-state index contributed by atoms with van der Waals surface area (Å²) in [6.07, 6.45) is 4.71. The van der Waals surface area contributed by atoms with Gasteiger partial charge in [-0.05, 0) is 32.3 Å². The highest BCUT2D eigenvalue weighted by molar-refractivity contribution is 6.31. The molecule has 0 aliphatic carbocycles. The van der Waals surface area contributed by atoms with E-state index >= 15 is 0 Å². The van der Waals surface area contributed by atoms with Gasteiger partial charge in [0, 0.05) is 5.03 Å². The van der Waals surface area contributed by atoms with Gasteiger partial charge in [-0.1, -0.05) is 44.0 Å². The molecule has 0 saturated carbocycles. The van der Waals surface area contributed by atoms with Crippen molar-refractivity contribution in [3.05, 3.63) is 21.9 Å². The molecule has 15 heavy (non-hydrogen) atoms. The van der Waals surface area contributed by atoms with Crippen LogP contribution in [-0.2, 0) is 4.74 Å². The maximum absolute atomic E-state index is 6.08. The summed E-state index contributed by atoms with van der Waals surface area (Å²) < 4.78 is 5.80. The van der Waals surface area contributed by atoms with Crippen LogP contribution in [0.2, 0.25) is 0 Å². The van der Waals surface area contributed by atoms with Crippen molar-refractivity contribution < 1.29 is 4.74 Å². The van der Waals surface area contributed by atoms with Crippen LogP contribution in [0.5, 0.6) is 0 Å². The number of halogens is 2. The Labute approximate surface area is 103 Å². The monoisotopic (exact) mass is 250 g/mol. The Bertz CT molecular complexity index is 236. The van der Waals surface area contributed by atoms with Gasteiger partial charge in [-0.3, -0.25) is 0 Å². The Morgan fingerprint density at radius 2 is 1.73 bits per heavy atom. The second-order valence-electron chi connectivity index (χ2n) is 3.41. The van der Waals surface area contributed by atoms with Gasteiger partial charge in [0.25, 0.3) is 0 Å². The molecule has 3 heteroatoms. The van der Waals surface area contributed by atoms with Crippen LogP contribution in [0, 0.1) is 0 Å². The molecule has 0 aromatic heterocycles. The molecule has 1 nitrogen and oxygen atoms in total. The second-order valence-corrected chi connectivity index (χ2v) is 4.46. The number of allylic oxidation sites excluding steroid dienone is 3. The molecule has 0 aliphatic heterocycles. The van der Waals surface area contributed by atoms with Crippen molar-refractivity contribution in [1.82, 2.24) is 0 Å². The van der Waals surface area contributed by atoms with Crippen LogP contribution in [0.25, 0.3) is 0 Å². The molecule has 0 spiro atoms. The van der Waals surface area contributed by atoms with Gasteiger partial charge in [-0.15, -0.1) is 0 Å². The Kier molecular flexibility index (Phi) is 7.99. The molecule has 0 bridgehead atoms. The summed E-state index contributed by atoms with van der Waals surface area (Å²) in [5.41, 5.74) is 0. The fourth-order valence-electron chi connectivity index (χ4n) is 1.17. The van der Waals surface area contributed by atoms with E-state index in [2.05, 4.69) is 13.8 Å². The summed E-state index contributed by atoms with van der Waals surface area (Å²) in [7, 11) is 0. The lowest BCUT2D eigenvalue weighted by Gasteiger charge is -2.17. The van der Waals surface area contributed by atoms with Gasteiger partial charge in [0.15, 0.2) is 0 Å². The van der Waals surface area contributed by atoms with E-state index in [9.17, 15) is 0 Å². The average molecular weight is 251 g/mol. The topological polar surface area (TPSA) is 9.23 Å². The van der Waals surface area contributed by atoms with Gasteiger partial charge >= 0.3 is 0 Å². The average Bonchev–Trinajstić information content (AvgIpc) is 2.22. The molecule has 0 aromatic carbocycles. The number of ether oxygens (including phenoxy) is 1. The van der Waals surface area contributed by atoms with Crippen molar-refractivity contribution in [2.24, 2.45) is 0 Å². The lowest BCUT2D eigenvalue weighted by molar-refractivity contribution is 0.116. The molecule has 0 N–H and O–H groups in total. The van der Waals surface area contributed by atoms with Crippen LogP contribution in [0.1, 0.15) is 47.0 Å². The second kappa shape index (κ2) is 8.06. The van der Waals surface area contributed by atoms with Crippen LogP contribution >= 0.6 is 23.2 Å². The third-order valence-corrected chi connectivity index (χ3v) is 2.67. The zero-order valence-electron chi connectivity index (χ0n) is 9.94. The van der Waals surface area contributed by atoms with Gasteiger partial charge < -0.3 is 4.74 Å². The minimum absolute atomic E-state index is 0.215. The lowest BCUT2D eigenvalue weighted by atomic mass is 10.2. The predicted molar refractivity (Wildman–Crippen MR) is 68.2 cm³/mol. The quantitative estimate of drug-likeness (QED) is 0.466. The number of hydrogen-bond donors (Lipinski definition) is 0. The van der Waals surface area contributed by atoms with Crippen LogP contribution < -0.4 is 0 Å². The Balaban J connectivity index is 4.74. The maximum atomic E-state index is 6.08. The third-order valence-electron chi connectivity index (χ3n) is 2.11. The normalized spacial score (nSPS) is 14.2. The zero-order valence-corrected chi connectivity index (χ0v) is 11.5. The van der Waals surface area contributed by atoms with E-state index in [1.54, 1.807) is 6.08 Å². The smallest absolute Gasteiger partial charge is 0.135 e. The fraction of sp³-hybridized carbons (Fsp3) is 0.667. The van der Waals surface area contributed by atoms with Crippen molar-refractivity contribution >= 4 is 23.2 Å². The third kappa shape index (κ3) is 6.11. The molecule has 0 radical (unpaired) electrons. The number of hydrogen-bond acceptors (Lipinski definition) is 1. The summed E-state index contributed by atoms with van der Waals surface area (Å²) in [6.45, 7) is 8.01. The minimum atomic E-state index is 0.215. The zero-order chi connectivity index (χ0) is 11.8. The molecule has 0 amide bonds. The van der Waals surface area contributed by atoms with Crippen molar-refractivity contribution in [2.75, 3.05) is 0 Å². The van der Waals surface area contributed by atoms with Crippen LogP contribution in [0.3, 0.4) is 0 Å². The largest absolute Gasteiger partial charge is 0.489 e. The summed E-state index contributed by atoms with van der Waals surface area (Å²) in [6, 6.07) is 0. The molecule has 0 aromatic rings. The summed E-state index contributed by atoms with van der Waals surface area (Å²) in [5, 5.41) is 1.41. The molecular weight excluding hydrogens is 231 g/mol.